The maximum absolute atomic E-state index is 11.9. The molecular weight excluding hydrogens is 298 g/mol. The van der Waals surface area contributed by atoms with Crippen LogP contribution in [0.4, 0.5) is 0 Å². The first-order valence-corrected chi connectivity index (χ1v) is 8.04. The van der Waals surface area contributed by atoms with E-state index in [1.807, 2.05) is 41.1 Å². The molecule has 1 aromatic carbocycles. The predicted octanol–water partition coefficient (Wildman–Crippen LogP) is 2.55. The first kappa shape index (κ1) is 14.8. The van der Waals surface area contributed by atoms with Gasteiger partial charge in [-0.25, -0.2) is 0 Å². The van der Waals surface area contributed by atoms with Crippen molar-refractivity contribution in [1.82, 2.24) is 5.32 Å². The van der Waals surface area contributed by atoms with Crippen molar-refractivity contribution in [2.24, 2.45) is 0 Å². The third-order valence-electron chi connectivity index (χ3n) is 3.69. The average Bonchev–Trinajstić information content (AvgIpc) is 3.05. The lowest BCUT2D eigenvalue weighted by molar-refractivity contribution is -0.118. The van der Waals surface area contributed by atoms with Crippen LogP contribution in [-0.2, 0) is 10.4 Å². The van der Waals surface area contributed by atoms with Crippen LogP contribution in [0.3, 0.4) is 0 Å². The zero-order valence-corrected chi connectivity index (χ0v) is 12.8. The van der Waals surface area contributed by atoms with Gasteiger partial charge in [0.25, 0.3) is 0 Å². The molecule has 0 saturated carbocycles. The van der Waals surface area contributed by atoms with Crippen molar-refractivity contribution in [3.63, 3.8) is 0 Å². The summed E-state index contributed by atoms with van der Waals surface area (Å²) >= 11 is 1.58. The van der Waals surface area contributed by atoms with Crippen LogP contribution in [-0.4, -0.2) is 24.2 Å². The molecule has 0 fully saturated rings. The Morgan fingerprint density at radius 1 is 1.41 bits per heavy atom. The number of fused-ring (bicyclic) bond motifs is 1. The van der Waals surface area contributed by atoms with Gasteiger partial charge in [0.1, 0.15) is 11.4 Å². The number of aliphatic hydroxyl groups is 1. The van der Waals surface area contributed by atoms with E-state index in [2.05, 4.69) is 5.32 Å². The monoisotopic (exact) mass is 315 g/mol. The van der Waals surface area contributed by atoms with Crippen molar-refractivity contribution >= 4 is 23.3 Å². The largest absolute Gasteiger partial charge is 0.493 e. The summed E-state index contributed by atoms with van der Waals surface area (Å²) in [6.07, 6.45) is 3.70. The molecule has 0 unspecified atom stereocenters. The molecule has 3 rings (SSSR count). The number of para-hydroxylation sites is 1. The summed E-state index contributed by atoms with van der Waals surface area (Å²) in [6, 6.07) is 9.33. The van der Waals surface area contributed by atoms with E-state index in [4.69, 9.17) is 4.74 Å². The van der Waals surface area contributed by atoms with Crippen LogP contribution in [0.25, 0.3) is 6.08 Å². The Kier molecular flexibility index (Phi) is 4.27. The van der Waals surface area contributed by atoms with Crippen molar-refractivity contribution in [2.75, 3.05) is 13.2 Å². The van der Waals surface area contributed by atoms with Crippen LogP contribution in [0.2, 0.25) is 0 Å². The highest BCUT2D eigenvalue weighted by Gasteiger charge is 2.35. The molecule has 22 heavy (non-hydrogen) atoms. The van der Waals surface area contributed by atoms with E-state index >= 15 is 0 Å². The van der Waals surface area contributed by atoms with Gasteiger partial charge in [-0.3, -0.25) is 4.79 Å². The van der Waals surface area contributed by atoms with Crippen LogP contribution in [0, 0.1) is 0 Å². The molecule has 2 aromatic rings. The standard InChI is InChI=1S/C17H17NO3S/c19-16(6-5-13-7-10-22-11-13)18-12-17(20)8-9-21-15-4-2-1-3-14(15)17/h1-7,10-11,20H,8-9,12H2,(H,18,19)/b6-5+/t17-/m1/s1. The van der Waals surface area contributed by atoms with Gasteiger partial charge in [0, 0.05) is 18.1 Å². The van der Waals surface area contributed by atoms with Gasteiger partial charge < -0.3 is 15.2 Å². The molecule has 114 valence electrons. The Morgan fingerprint density at radius 2 is 2.27 bits per heavy atom. The number of carbonyl (C=O) groups is 1. The van der Waals surface area contributed by atoms with E-state index in [1.54, 1.807) is 17.4 Å². The lowest BCUT2D eigenvalue weighted by Gasteiger charge is -2.34. The smallest absolute Gasteiger partial charge is 0.244 e. The van der Waals surface area contributed by atoms with Crippen molar-refractivity contribution in [1.29, 1.82) is 0 Å². The number of benzene rings is 1. The fourth-order valence-corrected chi connectivity index (χ4v) is 3.09. The summed E-state index contributed by atoms with van der Waals surface area (Å²) in [5.74, 6) is 0.461. The maximum Gasteiger partial charge on any atom is 0.244 e. The van der Waals surface area contributed by atoms with Crippen molar-refractivity contribution in [3.8, 4) is 5.75 Å². The first-order valence-electron chi connectivity index (χ1n) is 7.10. The van der Waals surface area contributed by atoms with Gasteiger partial charge in [-0.2, -0.15) is 11.3 Å². The maximum atomic E-state index is 11.9. The van der Waals surface area contributed by atoms with Gasteiger partial charge in [0.15, 0.2) is 0 Å². The number of thiophene rings is 1. The van der Waals surface area contributed by atoms with E-state index in [0.717, 1.165) is 11.1 Å². The molecule has 1 aliphatic heterocycles. The van der Waals surface area contributed by atoms with Crippen molar-refractivity contribution < 1.29 is 14.6 Å². The molecule has 2 N–H and O–H groups in total. The molecular formula is C17H17NO3S. The molecule has 4 nitrogen and oxygen atoms in total. The summed E-state index contributed by atoms with van der Waals surface area (Å²) in [5, 5.41) is 17.5. The molecule has 0 radical (unpaired) electrons. The summed E-state index contributed by atoms with van der Waals surface area (Å²) < 4.78 is 5.54. The highest BCUT2D eigenvalue weighted by Crippen LogP contribution is 2.36. The fraction of sp³-hybridized carbons (Fsp3) is 0.235. The van der Waals surface area contributed by atoms with Crippen molar-refractivity contribution in [3.05, 3.63) is 58.3 Å². The second-order valence-corrected chi connectivity index (χ2v) is 6.01. The van der Waals surface area contributed by atoms with E-state index in [0.29, 0.717) is 18.8 Å². The van der Waals surface area contributed by atoms with E-state index < -0.39 is 5.60 Å². The van der Waals surface area contributed by atoms with Crippen LogP contribution in [0.5, 0.6) is 5.75 Å². The molecule has 0 spiro atoms. The Labute approximate surface area is 133 Å². The topological polar surface area (TPSA) is 58.6 Å². The second kappa shape index (κ2) is 6.34. The zero-order chi connectivity index (χ0) is 15.4. The zero-order valence-electron chi connectivity index (χ0n) is 12.0. The van der Waals surface area contributed by atoms with Crippen LogP contribution >= 0.6 is 11.3 Å². The minimum atomic E-state index is -1.08. The molecule has 1 aromatic heterocycles. The highest BCUT2D eigenvalue weighted by atomic mass is 32.1. The number of amides is 1. The van der Waals surface area contributed by atoms with E-state index in [-0.39, 0.29) is 12.5 Å². The molecule has 0 saturated heterocycles. The van der Waals surface area contributed by atoms with Gasteiger partial charge in [-0.1, -0.05) is 18.2 Å². The molecule has 1 atom stereocenters. The Bertz CT molecular complexity index is 681. The molecule has 1 aliphatic rings. The molecule has 0 bridgehead atoms. The Hall–Kier alpha value is -2.11. The lowest BCUT2D eigenvalue weighted by Crippen LogP contribution is -2.43. The van der Waals surface area contributed by atoms with Crippen LogP contribution in [0.15, 0.2) is 47.2 Å². The Morgan fingerprint density at radius 3 is 3.09 bits per heavy atom. The van der Waals surface area contributed by atoms with Crippen LogP contribution in [0.1, 0.15) is 17.5 Å². The SMILES string of the molecule is O=C(/C=C/c1ccsc1)NC[C@]1(O)CCOc2ccccc21. The van der Waals surface area contributed by atoms with E-state index in [1.165, 1.54) is 6.08 Å². The van der Waals surface area contributed by atoms with Gasteiger partial charge in [0.2, 0.25) is 5.91 Å². The van der Waals surface area contributed by atoms with Crippen LogP contribution < -0.4 is 10.1 Å². The van der Waals surface area contributed by atoms with Crippen molar-refractivity contribution in [2.45, 2.75) is 12.0 Å². The third-order valence-corrected chi connectivity index (χ3v) is 4.39. The Balaban J connectivity index is 1.65. The molecule has 2 heterocycles. The van der Waals surface area contributed by atoms with Gasteiger partial charge in [-0.05, 0) is 34.5 Å². The lowest BCUT2D eigenvalue weighted by atomic mass is 9.88. The highest BCUT2D eigenvalue weighted by molar-refractivity contribution is 7.08. The minimum Gasteiger partial charge on any atom is -0.493 e. The predicted molar refractivity (Wildman–Crippen MR) is 86.8 cm³/mol. The number of nitrogens with one attached hydrogen (secondary N) is 1. The van der Waals surface area contributed by atoms with Gasteiger partial charge in [-0.15, -0.1) is 0 Å². The summed E-state index contributed by atoms with van der Waals surface area (Å²) in [7, 11) is 0. The second-order valence-electron chi connectivity index (χ2n) is 5.23. The summed E-state index contributed by atoms with van der Waals surface area (Å²) in [6.45, 7) is 0.605. The van der Waals surface area contributed by atoms with Gasteiger partial charge >= 0.3 is 0 Å². The number of hydrogen-bond acceptors (Lipinski definition) is 4. The first-order chi connectivity index (χ1) is 10.7. The molecule has 1 amide bonds. The number of hydrogen-bond donors (Lipinski definition) is 2. The summed E-state index contributed by atoms with van der Waals surface area (Å²) in [4.78, 5) is 11.9. The fourth-order valence-electron chi connectivity index (χ4n) is 2.46. The van der Waals surface area contributed by atoms with Gasteiger partial charge in [0.05, 0.1) is 13.2 Å². The average molecular weight is 315 g/mol. The molecule has 0 aliphatic carbocycles. The van der Waals surface area contributed by atoms with E-state index in [9.17, 15) is 9.90 Å². The summed E-state index contributed by atoms with van der Waals surface area (Å²) in [5.41, 5.74) is 0.638. The quantitative estimate of drug-likeness (QED) is 0.853. The molecule has 5 heteroatoms. The third kappa shape index (κ3) is 3.21. The minimum absolute atomic E-state index is 0.167. The number of carbonyl (C=O) groups excluding carboxylic acids is 1. The number of rotatable bonds is 4. The number of ether oxygens (including phenoxy) is 1. The normalized spacial score (nSPS) is 20.4.